The van der Waals surface area contributed by atoms with Gasteiger partial charge in [0, 0.05) is 17.8 Å². The monoisotopic (exact) mass is 395 g/mol. The molecule has 2 aliphatic heterocycles. The van der Waals surface area contributed by atoms with Gasteiger partial charge >= 0.3 is 0 Å². The number of hydrogen-bond donors (Lipinski definition) is 3. The molecular weight excluding hydrogens is 378 g/mol. The minimum atomic E-state index is -0.560. The van der Waals surface area contributed by atoms with E-state index < -0.39 is 17.7 Å². The first-order valence-corrected chi connectivity index (χ1v) is 8.82. The van der Waals surface area contributed by atoms with Gasteiger partial charge in [0.2, 0.25) is 6.79 Å². The lowest BCUT2D eigenvalue weighted by Gasteiger charge is -2.15. The normalized spacial score (nSPS) is 14.8. The fourth-order valence-corrected chi connectivity index (χ4v) is 3.02. The van der Waals surface area contributed by atoms with Crippen LogP contribution in [0.2, 0.25) is 0 Å². The molecule has 0 spiro atoms. The molecule has 148 valence electrons. The number of hydrogen-bond acceptors (Lipinski definition) is 7. The average molecular weight is 395 g/mol. The summed E-state index contributed by atoms with van der Waals surface area (Å²) in [5, 5.41) is 14.6. The molecule has 0 fully saturated rings. The molecule has 0 atom stereocenters. The quantitative estimate of drug-likeness (QED) is 0.632. The number of β-amino-alcohol motifs (C(OH)–C–C–N with tert-alkyl or cyclic N) is 1. The molecule has 3 N–H and O–H groups in total. The van der Waals surface area contributed by atoms with E-state index in [-0.39, 0.29) is 31.2 Å². The van der Waals surface area contributed by atoms with Crippen molar-refractivity contribution in [2.75, 3.05) is 30.6 Å². The van der Waals surface area contributed by atoms with Gasteiger partial charge in [0.05, 0.1) is 24.4 Å². The molecular formula is C20H17N3O6. The third kappa shape index (κ3) is 3.63. The molecule has 0 radical (unpaired) electrons. The molecule has 0 saturated heterocycles. The Balaban J connectivity index is 1.53. The molecule has 29 heavy (non-hydrogen) atoms. The van der Waals surface area contributed by atoms with Gasteiger partial charge in [0.15, 0.2) is 11.5 Å². The zero-order valence-corrected chi connectivity index (χ0v) is 15.2. The summed E-state index contributed by atoms with van der Waals surface area (Å²) in [6, 6.07) is 11.7. The number of ether oxygens (including phenoxy) is 2. The van der Waals surface area contributed by atoms with Gasteiger partial charge in [-0.25, -0.2) is 0 Å². The number of nitrogens with one attached hydrogen (secondary N) is 2. The topological polar surface area (TPSA) is 117 Å². The average Bonchev–Trinajstić information content (AvgIpc) is 3.28. The van der Waals surface area contributed by atoms with E-state index in [0.717, 1.165) is 11.0 Å². The number of rotatable bonds is 6. The number of fused-ring (bicyclic) bond motifs is 1. The number of anilines is 2. The van der Waals surface area contributed by atoms with Crippen LogP contribution in [0.3, 0.4) is 0 Å². The molecule has 0 aromatic heterocycles. The molecule has 3 amide bonds. The van der Waals surface area contributed by atoms with Crippen LogP contribution in [0.15, 0.2) is 54.2 Å². The number of nitrogens with zero attached hydrogens (tertiary/aromatic N) is 1. The van der Waals surface area contributed by atoms with E-state index in [2.05, 4.69) is 10.6 Å². The number of amides is 3. The Labute approximate surface area is 165 Å². The Bertz CT molecular complexity index is 1030. The minimum absolute atomic E-state index is 0.0341. The molecule has 4 rings (SSSR count). The van der Waals surface area contributed by atoms with Gasteiger partial charge in [-0.2, -0.15) is 0 Å². The van der Waals surface area contributed by atoms with E-state index in [1.807, 2.05) is 0 Å². The Hall–Kier alpha value is -3.85. The molecule has 0 saturated carbocycles. The van der Waals surface area contributed by atoms with Gasteiger partial charge in [-0.3, -0.25) is 19.3 Å². The maximum Gasteiger partial charge on any atom is 0.277 e. The van der Waals surface area contributed by atoms with Crippen LogP contribution in [-0.2, 0) is 9.59 Å². The van der Waals surface area contributed by atoms with Crippen LogP contribution in [0.4, 0.5) is 11.4 Å². The number of carbonyl (C=O) groups is 3. The van der Waals surface area contributed by atoms with Gasteiger partial charge in [0.25, 0.3) is 17.7 Å². The Kier molecular flexibility index (Phi) is 4.88. The number of aliphatic hydroxyl groups excluding tert-OH is 1. The maximum absolute atomic E-state index is 12.8. The summed E-state index contributed by atoms with van der Waals surface area (Å²) in [4.78, 5) is 37.9. The van der Waals surface area contributed by atoms with Crippen molar-refractivity contribution in [3.05, 3.63) is 59.8 Å². The van der Waals surface area contributed by atoms with Crippen molar-refractivity contribution in [3.8, 4) is 11.5 Å². The highest BCUT2D eigenvalue weighted by molar-refractivity contribution is 6.18. The number of imide groups is 1. The van der Waals surface area contributed by atoms with E-state index >= 15 is 0 Å². The molecule has 0 unspecified atom stereocenters. The third-order valence-electron chi connectivity index (χ3n) is 4.40. The molecule has 2 aromatic rings. The zero-order chi connectivity index (χ0) is 20.4. The number of benzene rings is 2. The van der Waals surface area contributed by atoms with Gasteiger partial charge in [0.1, 0.15) is 5.70 Å². The molecule has 2 aromatic carbocycles. The lowest BCUT2D eigenvalue weighted by molar-refractivity contribution is -0.137. The first-order chi connectivity index (χ1) is 14.1. The summed E-state index contributed by atoms with van der Waals surface area (Å²) >= 11 is 0. The largest absolute Gasteiger partial charge is 0.454 e. The number of aliphatic hydroxyl groups is 1. The maximum atomic E-state index is 12.8. The summed E-state index contributed by atoms with van der Waals surface area (Å²) in [5.74, 6) is -0.340. The fraction of sp³-hybridized carbons (Fsp3) is 0.150. The highest BCUT2D eigenvalue weighted by atomic mass is 16.7. The van der Waals surface area contributed by atoms with Crippen molar-refractivity contribution in [2.24, 2.45) is 0 Å². The smallest absolute Gasteiger partial charge is 0.277 e. The predicted molar refractivity (Wildman–Crippen MR) is 102 cm³/mol. The van der Waals surface area contributed by atoms with E-state index in [1.54, 1.807) is 42.5 Å². The van der Waals surface area contributed by atoms with Crippen LogP contribution in [0.25, 0.3) is 0 Å². The van der Waals surface area contributed by atoms with Crippen molar-refractivity contribution in [1.82, 2.24) is 4.90 Å². The first kappa shape index (κ1) is 18.5. The standard InChI is InChI=1S/C20H17N3O6/c24-8-7-23-18(25)10-15(20(23)27)22-14-4-2-1-3-13(14)19(26)21-12-5-6-16-17(9-12)29-11-28-16/h1-6,9-10,22,24H,7-8,11H2,(H,21,26). The summed E-state index contributed by atoms with van der Waals surface area (Å²) in [6.45, 7) is -0.284. The molecule has 2 aliphatic rings. The van der Waals surface area contributed by atoms with Crippen LogP contribution in [0.5, 0.6) is 11.5 Å². The molecule has 2 heterocycles. The molecule has 0 bridgehead atoms. The van der Waals surface area contributed by atoms with E-state index in [9.17, 15) is 14.4 Å². The van der Waals surface area contributed by atoms with Gasteiger partial charge in [-0.15, -0.1) is 0 Å². The van der Waals surface area contributed by atoms with Crippen LogP contribution in [0.1, 0.15) is 10.4 Å². The fourth-order valence-electron chi connectivity index (χ4n) is 3.02. The van der Waals surface area contributed by atoms with E-state index in [4.69, 9.17) is 14.6 Å². The van der Waals surface area contributed by atoms with Crippen LogP contribution in [0, 0.1) is 0 Å². The van der Waals surface area contributed by atoms with E-state index in [0.29, 0.717) is 22.9 Å². The molecule has 9 nitrogen and oxygen atoms in total. The minimum Gasteiger partial charge on any atom is -0.454 e. The molecule has 9 heteroatoms. The van der Waals surface area contributed by atoms with Crippen molar-refractivity contribution in [3.63, 3.8) is 0 Å². The van der Waals surface area contributed by atoms with Crippen LogP contribution in [-0.4, -0.2) is 47.7 Å². The Morgan fingerprint density at radius 3 is 2.72 bits per heavy atom. The Morgan fingerprint density at radius 1 is 1.10 bits per heavy atom. The second-order valence-electron chi connectivity index (χ2n) is 6.27. The number of para-hydroxylation sites is 1. The number of carbonyl (C=O) groups excluding carboxylic acids is 3. The van der Waals surface area contributed by atoms with Crippen LogP contribution < -0.4 is 20.1 Å². The van der Waals surface area contributed by atoms with Gasteiger partial charge in [-0.05, 0) is 24.3 Å². The highest BCUT2D eigenvalue weighted by Crippen LogP contribution is 2.34. The van der Waals surface area contributed by atoms with E-state index in [1.165, 1.54) is 0 Å². The third-order valence-corrected chi connectivity index (χ3v) is 4.40. The van der Waals surface area contributed by atoms with Crippen molar-refractivity contribution < 1.29 is 29.0 Å². The second kappa shape index (κ2) is 7.64. The Morgan fingerprint density at radius 2 is 1.90 bits per heavy atom. The van der Waals surface area contributed by atoms with Gasteiger partial charge in [-0.1, -0.05) is 12.1 Å². The lowest BCUT2D eigenvalue weighted by atomic mass is 10.1. The summed E-state index contributed by atoms with van der Waals surface area (Å²) in [7, 11) is 0. The van der Waals surface area contributed by atoms with Gasteiger partial charge < -0.3 is 25.2 Å². The van der Waals surface area contributed by atoms with Crippen LogP contribution >= 0.6 is 0 Å². The SMILES string of the molecule is O=C(Nc1ccc2c(c1)OCO2)c1ccccc1NC1=CC(=O)N(CCO)C1=O. The lowest BCUT2D eigenvalue weighted by Crippen LogP contribution is -2.34. The highest BCUT2D eigenvalue weighted by Gasteiger charge is 2.31. The summed E-state index contributed by atoms with van der Waals surface area (Å²) in [6.07, 6.45) is 1.14. The summed E-state index contributed by atoms with van der Waals surface area (Å²) < 4.78 is 10.6. The summed E-state index contributed by atoms with van der Waals surface area (Å²) in [5.41, 5.74) is 1.21. The molecule has 0 aliphatic carbocycles. The van der Waals surface area contributed by atoms with Crippen molar-refractivity contribution >= 4 is 29.1 Å². The second-order valence-corrected chi connectivity index (χ2v) is 6.27. The predicted octanol–water partition coefficient (Wildman–Crippen LogP) is 1.32. The van der Waals surface area contributed by atoms with Crippen molar-refractivity contribution in [1.29, 1.82) is 0 Å². The first-order valence-electron chi connectivity index (χ1n) is 8.82. The zero-order valence-electron chi connectivity index (χ0n) is 15.2. The van der Waals surface area contributed by atoms with Crippen molar-refractivity contribution in [2.45, 2.75) is 0 Å².